The van der Waals surface area contributed by atoms with Gasteiger partial charge >= 0.3 is 0 Å². The molecule has 0 aliphatic rings. The van der Waals surface area contributed by atoms with Crippen LogP contribution in [-0.2, 0) is 0 Å². The van der Waals surface area contributed by atoms with Crippen LogP contribution in [0.5, 0.6) is 11.6 Å². The van der Waals surface area contributed by atoms with Crippen molar-refractivity contribution in [1.82, 2.24) is 15.0 Å². The highest BCUT2D eigenvalue weighted by atomic mass is 35.5. The fraction of sp³-hybridized carbons (Fsp3) is 0.0556. The molecule has 0 fully saturated rings. The Balaban J connectivity index is 1.70. The van der Waals surface area contributed by atoms with Gasteiger partial charge in [0.05, 0.1) is 28.1 Å². The molecule has 24 heavy (non-hydrogen) atoms. The molecule has 4 rings (SSSR count). The van der Waals surface area contributed by atoms with Crippen molar-refractivity contribution in [3.8, 4) is 22.9 Å². The summed E-state index contributed by atoms with van der Waals surface area (Å²) in [6, 6.07) is 9.04. The number of nitrogens with zero attached hydrogens (tertiary/aromatic N) is 3. The van der Waals surface area contributed by atoms with Gasteiger partial charge in [-0.05, 0) is 31.2 Å². The number of aromatic nitrogens is 3. The van der Waals surface area contributed by atoms with Crippen LogP contribution in [0.1, 0.15) is 5.69 Å². The molecule has 0 aliphatic heterocycles. The van der Waals surface area contributed by atoms with Crippen LogP contribution in [-0.4, -0.2) is 15.0 Å². The summed E-state index contributed by atoms with van der Waals surface area (Å²) in [5.41, 5.74) is 3.10. The molecule has 0 N–H and O–H groups in total. The van der Waals surface area contributed by atoms with Gasteiger partial charge in [0.25, 0.3) is 0 Å². The van der Waals surface area contributed by atoms with E-state index < -0.39 is 0 Å². The molecule has 3 aromatic heterocycles. The van der Waals surface area contributed by atoms with E-state index in [2.05, 4.69) is 15.0 Å². The third kappa shape index (κ3) is 2.59. The minimum absolute atomic E-state index is 0.473. The van der Waals surface area contributed by atoms with Crippen molar-refractivity contribution in [2.45, 2.75) is 6.92 Å². The highest BCUT2D eigenvalue weighted by Crippen LogP contribution is 2.34. The second kappa shape index (κ2) is 5.94. The molecular formula is C18H12ClN3O2. The van der Waals surface area contributed by atoms with Crippen LogP contribution in [0, 0.1) is 6.92 Å². The Morgan fingerprint density at radius 2 is 1.88 bits per heavy atom. The lowest BCUT2D eigenvalue weighted by Crippen LogP contribution is -1.93. The minimum Gasteiger partial charge on any atom is -0.464 e. The van der Waals surface area contributed by atoms with Crippen molar-refractivity contribution in [2.24, 2.45) is 0 Å². The van der Waals surface area contributed by atoms with Crippen LogP contribution < -0.4 is 4.74 Å². The van der Waals surface area contributed by atoms with E-state index in [4.69, 9.17) is 20.8 Å². The fourth-order valence-electron chi connectivity index (χ4n) is 2.49. The largest absolute Gasteiger partial charge is 0.464 e. The van der Waals surface area contributed by atoms with Crippen molar-refractivity contribution in [2.75, 3.05) is 0 Å². The third-order valence-electron chi connectivity index (χ3n) is 3.63. The molecule has 0 aliphatic carbocycles. The van der Waals surface area contributed by atoms with Gasteiger partial charge in [0.2, 0.25) is 5.88 Å². The van der Waals surface area contributed by atoms with Gasteiger partial charge in [0.15, 0.2) is 0 Å². The molecule has 5 nitrogen and oxygen atoms in total. The van der Waals surface area contributed by atoms with Gasteiger partial charge in [-0.25, -0.2) is 4.98 Å². The van der Waals surface area contributed by atoms with Gasteiger partial charge in [-0.15, -0.1) is 0 Å². The number of benzene rings is 1. The Morgan fingerprint density at radius 3 is 2.71 bits per heavy atom. The summed E-state index contributed by atoms with van der Waals surface area (Å²) in [6.07, 6.45) is 6.54. The predicted molar refractivity (Wildman–Crippen MR) is 91.3 cm³/mol. The molecule has 0 bridgehead atoms. The van der Waals surface area contributed by atoms with Crippen LogP contribution >= 0.6 is 11.6 Å². The number of rotatable bonds is 3. The maximum Gasteiger partial charge on any atom is 0.230 e. The molecule has 0 spiro atoms. The first-order valence-corrected chi connectivity index (χ1v) is 7.68. The Hall–Kier alpha value is -2.92. The number of fused-ring (bicyclic) bond motifs is 1. The highest BCUT2D eigenvalue weighted by Gasteiger charge is 2.12. The molecule has 0 radical (unpaired) electrons. The smallest absolute Gasteiger partial charge is 0.230 e. The summed E-state index contributed by atoms with van der Waals surface area (Å²) in [5.74, 6) is 1.06. The number of hydrogen-bond acceptors (Lipinski definition) is 5. The number of hydrogen-bond donors (Lipinski definition) is 0. The minimum atomic E-state index is 0.473. The van der Waals surface area contributed by atoms with Crippen LogP contribution in [0.2, 0.25) is 5.02 Å². The molecule has 0 atom stereocenters. The Labute approximate surface area is 142 Å². The van der Waals surface area contributed by atoms with Crippen molar-refractivity contribution < 1.29 is 9.15 Å². The van der Waals surface area contributed by atoms with Crippen molar-refractivity contribution in [3.05, 3.63) is 65.9 Å². The molecule has 1 aromatic carbocycles. The van der Waals surface area contributed by atoms with Gasteiger partial charge in [-0.2, -0.15) is 0 Å². The van der Waals surface area contributed by atoms with E-state index in [-0.39, 0.29) is 0 Å². The van der Waals surface area contributed by atoms with Crippen LogP contribution in [0.15, 0.2) is 59.6 Å². The monoisotopic (exact) mass is 337 g/mol. The number of furan rings is 1. The average Bonchev–Trinajstić information content (AvgIpc) is 3.06. The van der Waals surface area contributed by atoms with Gasteiger partial charge in [-0.1, -0.05) is 11.6 Å². The first-order chi connectivity index (χ1) is 11.7. The highest BCUT2D eigenvalue weighted by molar-refractivity contribution is 6.33. The molecule has 4 aromatic rings. The van der Waals surface area contributed by atoms with E-state index in [1.165, 1.54) is 0 Å². The molecule has 0 unspecified atom stereocenters. The zero-order chi connectivity index (χ0) is 16.5. The zero-order valence-corrected chi connectivity index (χ0v) is 13.5. The molecule has 118 valence electrons. The van der Waals surface area contributed by atoms with Crippen LogP contribution in [0.25, 0.3) is 22.2 Å². The number of aryl methyl sites for hydroxylation is 1. The van der Waals surface area contributed by atoms with Gasteiger partial charge in [0.1, 0.15) is 11.3 Å². The lowest BCUT2D eigenvalue weighted by atomic mass is 10.1. The normalized spacial score (nSPS) is 10.9. The lowest BCUT2D eigenvalue weighted by molar-refractivity contribution is 0.469. The molecular weight excluding hydrogens is 326 g/mol. The molecule has 6 heteroatoms. The Kier molecular flexibility index (Phi) is 3.63. The van der Waals surface area contributed by atoms with Crippen molar-refractivity contribution in [1.29, 1.82) is 0 Å². The molecule has 0 saturated heterocycles. The Morgan fingerprint density at radius 1 is 1.00 bits per heavy atom. The van der Waals surface area contributed by atoms with Crippen molar-refractivity contribution >= 4 is 22.6 Å². The second-order valence-electron chi connectivity index (χ2n) is 5.18. The Bertz CT molecular complexity index is 1030. The summed E-state index contributed by atoms with van der Waals surface area (Å²) >= 11 is 6.41. The van der Waals surface area contributed by atoms with Gasteiger partial charge < -0.3 is 9.15 Å². The van der Waals surface area contributed by atoms with E-state index in [9.17, 15) is 0 Å². The predicted octanol–water partition coefficient (Wildman–Crippen LogP) is 5.04. The van der Waals surface area contributed by atoms with Crippen molar-refractivity contribution in [3.63, 3.8) is 0 Å². The summed E-state index contributed by atoms with van der Waals surface area (Å²) in [5, 5.41) is 1.35. The first-order valence-electron chi connectivity index (χ1n) is 7.30. The number of ether oxygens (including phenoxy) is 1. The summed E-state index contributed by atoms with van der Waals surface area (Å²) in [4.78, 5) is 12.8. The van der Waals surface area contributed by atoms with E-state index in [1.54, 1.807) is 37.0 Å². The lowest BCUT2D eigenvalue weighted by Gasteiger charge is -2.09. The summed E-state index contributed by atoms with van der Waals surface area (Å²) in [6.45, 7) is 1.90. The van der Waals surface area contributed by atoms with E-state index in [0.717, 1.165) is 27.9 Å². The van der Waals surface area contributed by atoms with Gasteiger partial charge in [-0.3, -0.25) is 9.97 Å². The average molecular weight is 338 g/mol. The fourth-order valence-corrected chi connectivity index (χ4v) is 2.75. The number of halogens is 1. The molecule has 0 saturated carbocycles. The van der Waals surface area contributed by atoms with E-state index in [1.807, 2.05) is 25.1 Å². The topological polar surface area (TPSA) is 61.0 Å². The zero-order valence-electron chi connectivity index (χ0n) is 12.7. The quantitative estimate of drug-likeness (QED) is 0.524. The van der Waals surface area contributed by atoms with Crippen LogP contribution in [0.4, 0.5) is 0 Å². The van der Waals surface area contributed by atoms with E-state index >= 15 is 0 Å². The SMILES string of the molecule is Cc1nccnc1-c1ccc(Oc2nccc3occc23)cc1Cl. The molecule has 3 heterocycles. The number of pyridine rings is 1. The first kappa shape index (κ1) is 14.7. The maximum absolute atomic E-state index is 6.41. The molecule has 0 amide bonds. The van der Waals surface area contributed by atoms with Gasteiger partial charge in [0, 0.05) is 30.2 Å². The van der Waals surface area contributed by atoms with E-state index in [0.29, 0.717) is 16.7 Å². The summed E-state index contributed by atoms with van der Waals surface area (Å²) in [7, 11) is 0. The van der Waals surface area contributed by atoms with Crippen LogP contribution in [0.3, 0.4) is 0 Å². The summed E-state index contributed by atoms with van der Waals surface area (Å²) < 4.78 is 11.2. The second-order valence-corrected chi connectivity index (χ2v) is 5.59. The maximum atomic E-state index is 6.41. The third-order valence-corrected chi connectivity index (χ3v) is 3.95. The standard InChI is InChI=1S/C18H12ClN3O2/c1-11-17(21-8-7-20-11)13-3-2-12(10-15(13)19)24-18-14-5-9-23-16(14)4-6-22-18/h2-10H,1H3.